The van der Waals surface area contributed by atoms with E-state index in [-0.39, 0.29) is 0 Å². The van der Waals surface area contributed by atoms with Gasteiger partial charge >= 0.3 is 11.9 Å². The fraction of sp³-hybridized carbons (Fsp3) is 0.778. The standard InChI is InChI=1S/C9H12O4/c10-8(11)6-2-4-1-5(4)3-7(6)9(12)13/h4-7H,1-3H2,(H,10,11)(H,12,13). The average molecular weight is 184 g/mol. The Morgan fingerprint density at radius 1 is 0.846 bits per heavy atom. The Morgan fingerprint density at radius 3 is 1.54 bits per heavy atom. The molecule has 0 heterocycles. The Labute approximate surface area is 75.6 Å². The molecule has 72 valence electrons. The fourth-order valence-electron chi connectivity index (χ4n) is 2.41. The molecule has 0 spiro atoms. The Balaban J connectivity index is 2.12. The zero-order valence-corrected chi connectivity index (χ0v) is 7.14. The lowest BCUT2D eigenvalue weighted by molar-refractivity contribution is -0.155. The van der Waals surface area contributed by atoms with E-state index in [2.05, 4.69) is 0 Å². The Bertz CT molecular complexity index is 234. The second-order valence-corrected chi connectivity index (χ2v) is 4.12. The van der Waals surface area contributed by atoms with Crippen LogP contribution in [0.1, 0.15) is 19.3 Å². The van der Waals surface area contributed by atoms with E-state index in [1.807, 2.05) is 0 Å². The molecule has 0 bridgehead atoms. The Hall–Kier alpha value is -1.06. The van der Waals surface area contributed by atoms with E-state index in [1.165, 1.54) is 0 Å². The summed E-state index contributed by atoms with van der Waals surface area (Å²) in [6, 6.07) is 0. The lowest BCUT2D eigenvalue weighted by atomic mass is 9.79. The van der Waals surface area contributed by atoms with Gasteiger partial charge in [0.2, 0.25) is 0 Å². The monoisotopic (exact) mass is 184 g/mol. The van der Waals surface area contributed by atoms with Crippen LogP contribution >= 0.6 is 0 Å². The first-order chi connectivity index (χ1) is 6.09. The molecule has 4 atom stereocenters. The minimum absolute atomic E-state index is 0.497. The molecule has 0 aromatic heterocycles. The molecular formula is C9H12O4. The number of hydrogen-bond donors (Lipinski definition) is 2. The van der Waals surface area contributed by atoms with Crippen LogP contribution in [-0.4, -0.2) is 22.2 Å². The van der Waals surface area contributed by atoms with Gasteiger partial charge in [-0.05, 0) is 31.1 Å². The van der Waals surface area contributed by atoms with Crippen LogP contribution in [0, 0.1) is 23.7 Å². The van der Waals surface area contributed by atoms with Crippen molar-refractivity contribution in [3.63, 3.8) is 0 Å². The minimum atomic E-state index is -0.947. The van der Waals surface area contributed by atoms with E-state index in [1.54, 1.807) is 0 Å². The quantitative estimate of drug-likeness (QED) is 0.666. The van der Waals surface area contributed by atoms with Crippen LogP contribution < -0.4 is 0 Å². The highest BCUT2D eigenvalue weighted by Gasteiger charge is 2.51. The molecule has 0 aromatic rings. The molecule has 0 aromatic carbocycles. The maximum Gasteiger partial charge on any atom is 0.307 e. The highest BCUT2D eigenvalue weighted by molar-refractivity contribution is 5.80. The van der Waals surface area contributed by atoms with E-state index in [9.17, 15) is 9.59 Å². The zero-order valence-electron chi connectivity index (χ0n) is 7.14. The molecule has 0 radical (unpaired) electrons. The SMILES string of the molecule is O=C(O)C1CC2CC2CC1C(=O)O. The number of fused-ring (bicyclic) bond motifs is 1. The molecule has 2 saturated carbocycles. The maximum atomic E-state index is 10.8. The first-order valence-corrected chi connectivity index (χ1v) is 4.55. The molecule has 0 amide bonds. The molecule has 2 fully saturated rings. The summed E-state index contributed by atoms with van der Waals surface area (Å²) in [5.74, 6) is -2.20. The van der Waals surface area contributed by atoms with E-state index >= 15 is 0 Å². The van der Waals surface area contributed by atoms with Crippen molar-refractivity contribution in [1.29, 1.82) is 0 Å². The van der Waals surface area contributed by atoms with Crippen molar-refractivity contribution in [2.24, 2.45) is 23.7 Å². The Kier molecular flexibility index (Phi) is 1.78. The molecule has 4 nitrogen and oxygen atoms in total. The van der Waals surface area contributed by atoms with Crippen molar-refractivity contribution in [2.45, 2.75) is 19.3 Å². The van der Waals surface area contributed by atoms with Gasteiger partial charge in [0.15, 0.2) is 0 Å². The van der Waals surface area contributed by atoms with E-state index in [4.69, 9.17) is 10.2 Å². The molecule has 4 heteroatoms. The second-order valence-electron chi connectivity index (χ2n) is 4.12. The number of carboxylic acid groups (broad SMARTS) is 2. The highest BCUT2D eigenvalue weighted by Crippen LogP contribution is 2.53. The zero-order chi connectivity index (χ0) is 9.59. The molecular weight excluding hydrogens is 172 g/mol. The van der Waals surface area contributed by atoms with Gasteiger partial charge in [-0.2, -0.15) is 0 Å². The van der Waals surface area contributed by atoms with Gasteiger partial charge < -0.3 is 10.2 Å². The van der Waals surface area contributed by atoms with Crippen molar-refractivity contribution in [3.05, 3.63) is 0 Å². The third-order valence-electron chi connectivity index (χ3n) is 3.30. The van der Waals surface area contributed by atoms with Crippen LogP contribution in [0.15, 0.2) is 0 Å². The summed E-state index contributed by atoms with van der Waals surface area (Å²) < 4.78 is 0. The summed E-state index contributed by atoms with van der Waals surface area (Å²) >= 11 is 0. The number of aliphatic carboxylic acids is 2. The molecule has 2 rings (SSSR count). The molecule has 2 aliphatic rings. The maximum absolute atomic E-state index is 10.8. The van der Waals surface area contributed by atoms with Gasteiger partial charge in [0.05, 0.1) is 11.8 Å². The van der Waals surface area contributed by atoms with E-state index in [0.29, 0.717) is 24.7 Å². The third-order valence-corrected chi connectivity index (χ3v) is 3.30. The van der Waals surface area contributed by atoms with Gasteiger partial charge in [-0.1, -0.05) is 0 Å². The number of carboxylic acids is 2. The first kappa shape index (κ1) is 8.53. The highest BCUT2D eigenvalue weighted by atomic mass is 16.4. The molecule has 2 aliphatic carbocycles. The summed E-state index contributed by atoms with van der Waals surface area (Å²) in [5, 5.41) is 17.7. The van der Waals surface area contributed by atoms with Gasteiger partial charge in [0, 0.05) is 0 Å². The van der Waals surface area contributed by atoms with E-state index in [0.717, 1.165) is 6.42 Å². The number of hydrogen-bond acceptors (Lipinski definition) is 2. The third kappa shape index (κ3) is 1.41. The van der Waals surface area contributed by atoms with Gasteiger partial charge in [-0.3, -0.25) is 9.59 Å². The van der Waals surface area contributed by atoms with Gasteiger partial charge in [0.1, 0.15) is 0 Å². The van der Waals surface area contributed by atoms with Crippen molar-refractivity contribution in [2.75, 3.05) is 0 Å². The fourth-order valence-corrected chi connectivity index (χ4v) is 2.41. The second kappa shape index (κ2) is 2.72. The van der Waals surface area contributed by atoms with Crippen LogP contribution in [0.2, 0.25) is 0 Å². The predicted octanol–water partition coefficient (Wildman–Crippen LogP) is 0.818. The van der Waals surface area contributed by atoms with Crippen molar-refractivity contribution < 1.29 is 19.8 Å². The van der Waals surface area contributed by atoms with Crippen molar-refractivity contribution >= 4 is 11.9 Å². The largest absolute Gasteiger partial charge is 0.481 e. The summed E-state index contributed by atoms with van der Waals surface area (Å²) in [4.78, 5) is 21.5. The smallest absolute Gasteiger partial charge is 0.307 e. The van der Waals surface area contributed by atoms with Gasteiger partial charge in [-0.25, -0.2) is 0 Å². The predicted molar refractivity (Wildman–Crippen MR) is 43.1 cm³/mol. The Morgan fingerprint density at radius 2 is 1.23 bits per heavy atom. The molecule has 0 aliphatic heterocycles. The summed E-state index contributed by atoms with van der Waals surface area (Å²) in [5.41, 5.74) is 0. The summed E-state index contributed by atoms with van der Waals surface area (Å²) in [7, 11) is 0. The van der Waals surface area contributed by atoms with Crippen LogP contribution in [0.3, 0.4) is 0 Å². The van der Waals surface area contributed by atoms with Gasteiger partial charge in [-0.15, -0.1) is 0 Å². The van der Waals surface area contributed by atoms with Crippen LogP contribution in [0.5, 0.6) is 0 Å². The van der Waals surface area contributed by atoms with Crippen LogP contribution in [0.25, 0.3) is 0 Å². The van der Waals surface area contributed by atoms with Crippen molar-refractivity contribution in [3.8, 4) is 0 Å². The number of carbonyl (C=O) groups is 2. The van der Waals surface area contributed by atoms with Crippen LogP contribution in [-0.2, 0) is 9.59 Å². The molecule has 4 unspecified atom stereocenters. The normalized spacial score (nSPS) is 42.2. The number of rotatable bonds is 2. The molecule has 0 saturated heterocycles. The lowest BCUT2D eigenvalue weighted by Gasteiger charge is -2.24. The van der Waals surface area contributed by atoms with Crippen LogP contribution in [0.4, 0.5) is 0 Å². The lowest BCUT2D eigenvalue weighted by Crippen LogP contribution is -2.33. The first-order valence-electron chi connectivity index (χ1n) is 4.55. The van der Waals surface area contributed by atoms with Crippen molar-refractivity contribution in [1.82, 2.24) is 0 Å². The molecule has 13 heavy (non-hydrogen) atoms. The topological polar surface area (TPSA) is 74.6 Å². The summed E-state index contributed by atoms with van der Waals surface area (Å²) in [6.07, 6.45) is 2.17. The summed E-state index contributed by atoms with van der Waals surface area (Å²) in [6.45, 7) is 0. The average Bonchev–Trinajstić information content (AvgIpc) is 2.78. The van der Waals surface area contributed by atoms with E-state index < -0.39 is 23.8 Å². The molecule has 2 N–H and O–H groups in total. The van der Waals surface area contributed by atoms with Gasteiger partial charge in [0.25, 0.3) is 0 Å². The minimum Gasteiger partial charge on any atom is -0.481 e.